The van der Waals surface area contributed by atoms with Crippen molar-refractivity contribution in [1.29, 1.82) is 5.26 Å². The van der Waals surface area contributed by atoms with E-state index >= 15 is 0 Å². The Labute approximate surface area is 199 Å². The normalized spacial score (nSPS) is 10.9. The largest absolute Gasteiger partial charge is 0.488 e. The summed E-state index contributed by atoms with van der Waals surface area (Å²) in [5.74, 6) is 0.512. The topological polar surface area (TPSA) is 74.5 Å². The van der Waals surface area contributed by atoms with E-state index in [1.165, 1.54) is 0 Å². The number of carbonyl (C=O) groups excluding carboxylic acids is 1. The Kier molecular flexibility index (Phi) is 7.12. The van der Waals surface area contributed by atoms with E-state index in [2.05, 4.69) is 28.7 Å². The molecule has 0 heterocycles. The molecule has 5 nitrogen and oxygen atoms in total. The van der Waals surface area contributed by atoms with Gasteiger partial charge in [-0.05, 0) is 53.9 Å². The average molecular weight is 446 g/mol. The molecule has 0 aromatic heterocycles. The third kappa shape index (κ3) is 5.56. The molecule has 4 aromatic rings. The number of para-hydroxylation sites is 1. The number of nitrogens with one attached hydrogen (secondary N) is 1. The van der Waals surface area contributed by atoms with Crippen LogP contribution in [-0.2, 0) is 6.61 Å². The number of hydrogen-bond donors (Lipinski definition) is 1. The summed E-state index contributed by atoms with van der Waals surface area (Å²) in [5, 5.41) is 13.1. The number of carbonyl (C=O) groups is 1. The minimum absolute atomic E-state index is 0.296. The molecular weight excluding hydrogens is 422 g/mol. The van der Waals surface area contributed by atoms with Crippen molar-refractivity contribution >= 4 is 11.6 Å². The Hall–Kier alpha value is -4.69. The maximum atomic E-state index is 12.5. The van der Waals surface area contributed by atoms with Gasteiger partial charge in [-0.15, -0.1) is 0 Å². The highest BCUT2D eigenvalue weighted by molar-refractivity contribution is 6.00. The van der Waals surface area contributed by atoms with Crippen molar-refractivity contribution in [2.45, 2.75) is 13.5 Å². The standard InChI is InChI=1S/C29H23N3O2/c1-21(24-15-11-22(19-30)12-16-24)31-32-29(33)26-17-13-23(14-18-26)20-34-28-10-6-5-9-27(28)25-7-3-2-4-8-25/h2-18H,20H2,1H3,(H,32,33)/b31-21+. The Bertz CT molecular complexity index is 1340. The first-order valence-corrected chi connectivity index (χ1v) is 10.9. The molecule has 0 saturated heterocycles. The molecule has 1 amide bonds. The van der Waals surface area contributed by atoms with Crippen LogP contribution in [-0.4, -0.2) is 11.6 Å². The number of hydrogen-bond acceptors (Lipinski definition) is 4. The van der Waals surface area contributed by atoms with Crippen LogP contribution in [0, 0.1) is 11.3 Å². The second kappa shape index (κ2) is 10.8. The van der Waals surface area contributed by atoms with Gasteiger partial charge in [0.25, 0.3) is 5.91 Å². The van der Waals surface area contributed by atoms with E-state index in [-0.39, 0.29) is 5.91 Å². The molecule has 0 spiro atoms. The molecular formula is C29H23N3O2. The molecule has 1 N–H and O–H groups in total. The van der Waals surface area contributed by atoms with Crippen molar-refractivity contribution in [3.8, 4) is 22.9 Å². The summed E-state index contributed by atoms with van der Waals surface area (Å²) in [6.45, 7) is 2.19. The van der Waals surface area contributed by atoms with Gasteiger partial charge in [-0.25, -0.2) is 5.43 Å². The Morgan fingerprint density at radius 3 is 2.21 bits per heavy atom. The zero-order chi connectivity index (χ0) is 23.8. The van der Waals surface area contributed by atoms with E-state index in [9.17, 15) is 4.79 Å². The summed E-state index contributed by atoms with van der Waals surface area (Å²) in [6, 6.07) is 34.4. The maximum absolute atomic E-state index is 12.5. The lowest BCUT2D eigenvalue weighted by Crippen LogP contribution is -2.19. The summed E-state index contributed by atoms with van der Waals surface area (Å²) in [4.78, 5) is 12.5. The number of rotatable bonds is 7. The Morgan fingerprint density at radius 1 is 0.853 bits per heavy atom. The third-order valence-electron chi connectivity index (χ3n) is 5.34. The number of nitrogens with zero attached hydrogens (tertiary/aromatic N) is 2. The highest BCUT2D eigenvalue weighted by atomic mass is 16.5. The van der Waals surface area contributed by atoms with Gasteiger partial charge in [0.2, 0.25) is 0 Å². The van der Waals surface area contributed by atoms with Crippen LogP contribution < -0.4 is 10.2 Å². The van der Waals surface area contributed by atoms with Gasteiger partial charge < -0.3 is 4.74 Å². The monoisotopic (exact) mass is 445 g/mol. The molecule has 34 heavy (non-hydrogen) atoms. The number of benzene rings is 4. The van der Waals surface area contributed by atoms with E-state index in [1.807, 2.05) is 54.6 Å². The van der Waals surface area contributed by atoms with Gasteiger partial charge in [0, 0.05) is 11.1 Å². The van der Waals surface area contributed by atoms with Crippen LogP contribution in [0.3, 0.4) is 0 Å². The van der Waals surface area contributed by atoms with Crippen molar-refractivity contribution in [2.75, 3.05) is 0 Å². The van der Waals surface area contributed by atoms with Crippen molar-refractivity contribution in [2.24, 2.45) is 5.10 Å². The first-order chi connectivity index (χ1) is 16.6. The van der Waals surface area contributed by atoms with Gasteiger partial charge >= 0.3 is 0 Å². The van der Waals surface area contributed by atoms with Crippen LogP contribution in [0.1, 0.15) is 34.0 Å². The summed E-state index contributed by atoms with van der Waals surface area (Å²) >= 11 is 0. The molecule has 0 aliphatic carbocycles. The van der Waals surface area contributed by atoms with Crippen LogP contribution in [0.2, 0.25) is 0 Å². The lowest BCUT2D eigenvalue weighted by atomic mass is 10.0. The Balaban J connectivity index is 1.37. The predicted molar refractivity (Wildman–Crippen MR) is 133 cm³/mol. The van der Waals surface area contributed by atoms with Crippen molar-refractivity contribution in [3.63, 3.8) is 0 Å². The minimum Gasteiger partial charge on any atom is -0.488 e. The van der Waals surface area contributed by atoms with Gasteiger partial charge in [-0.2, -0.15) is 10.4 Å². The van der Waals surface area contributed by atoms with Crippen molar-refractivity contribution < 1.29 is 9.53 Å². The molecule has 0 unspecified atom stereocenters. The van der Waals surface area contributed by atoms with E-state index < -0.39 is 0 Å². The molecule has 166 valence electrons. The second-order valence-electron chi connectivity index (χ2n) is 7.68. The molecule has 0 fully saturated rings. The zero-order valence-electron chi connectivity index (χ0n) is 18.7. The smallest absolute Gasteiger partial charge is 0.271 e. The predicted octanol–water partition coefficient (Wildman–Crippen LogP) is 5.96. The van der Waals surface area contributed by atoms with Gasteiger partial charge in [0.05, 0.1) is 17.3 Å². The van der Waals surface area contributed by atoms with Gasteiger partial charge in [-0.1, -0.05) is 72.8 Å². The SMILES string of the molecule is C/C(=N\NC(=O)c1ccc(COc2ccccc2-c2ccccc2)cc1)c1ccc(C#N)cc1. The molecule has 4 rings (SSSR count). The van der Waals surface area contributed by atoms with E-state index in [0.29, 0.717) is 23.4 Å². The number of ether oxygens (including phenoxy) is 1. The molecule has 0 saturated carbocycles. The lowest BCUT2D eigenvalue weighted by Gasteiger charge is -2.12. The van der Waals surface area contributed by atoms with E-state index in [4.69, 9.17) is 10.00 Å². The van der Waals surface area contributed by atoms with Gasteiger partial charge in [-0.3, -0.25) is 4.79 Å². The van der Waals surface area contributed by atoms with E-state index in [1.54, 1.807) is 43.3 Å². The minimum atomic E-state index is -0.296. The summed E-state index contributed by atoms with van der Waals surface area (Å²) < 4.78 is 6.08. The van der Waals surface area contributed by atoms with Crippen molar-refractivity contribution in [3.05, 3.63) is 125 Å². The summed E-state index contributed by atoms with van der Waals surface area (Å²) in [6.07, 6.45) is 0. The average Bonchev–Trinajstić information content (AvgIpc) is 2.91. The first-order valence-electron chi connectivity index (χ1n) is 10.9. The molecule has 4 aromatic carbocycles. The van der Waals surface area contributed by atoms with Crippen LogP contribution in [0.15, 0.2) is 108 Å². The molecule has 0 atom stereocenters. The van der Waals surface area contributed by atoms with Crippen LogP contribution in [0.4, 0.5) is 0 Å². The third-order valence-corrected chi connectivity index (χ3v) is 5.34. The zero-order valence-corrected chi connectivity index (χ0v) is 18.7. The number of amides is 1. The van der Waals surface area contributed by atoms with Crippen LogP contribution >= 0.6 is 0 Å². The number of nitriles is 1. The molecule has 0 radical (unpaired) electrons. The highest BCUT2D eigenvalue weighted by Gasteiger charge is 2.08. The Morgan fingerprint density at radius 2 is 1.50 bits per heavy atom. The fourth-order valence-electron chi connectivity index (χ4n) is 3.41. The van der Waals surface area contributed by atoms with Crippen LogP contribution in [0.5, 0.6) is 5.75 Å². The van der Waals surface area contributed by atoms with Gasteiger partial charge in [0.1, 0.15) is 12.4 Å². The second-order valence-corrected chi connectivity index (χ2v) is 7.68. The molecule has 0 aliphatic rings. The maximum Gasteiger partial charge on any atom is 0.271 e. The van der Waals surface area contributed by atoms with Gasteiger partial charge in [0.15, 0.2) is 0 Å². The summed E-state index contributed by atoms with van der Waals surface area (Å²) in [7, 11) is 0. The molecule has 0 bridgehead atoms. The van der Waals surface area contributed by atoms with Crippen molar-refractivity contribution in [1.82, 2.24) is 5.43 Å². The highest BCUT2D eigenvalue weighted by Crippen LogP contribution is 2.30. The number of hydrazone groups is 1. The lowest BCUT2D eigenvalue weighted by molar-refractivity contribution is 0.0955. The van der Waals surface area contributed by atoms with Crippen LogP contribution in [0.25, 0.3) is 11.1 Å². The fraction of sp³-hybridized carbons (Fsp3) is 0.0690. The first kappa shape index (κ1) is 22.5. The fourth-order valence-corrected chi connectivity index (χ4v) is 3.41. The summed E-state index contributed by atoms with van der Waals surface area (Å²) in [5.41, 5.74) is 8.24. The molecule has 5 heteroatoms. The quantitative estimate of drug-likeness (QED) is 0.282. The molecule has 0 aliphatic heterocycles. The van der Waals surface area contributed by atoms with E-state index in [0.717, 1.165) is 28.0 Å².